The van der Waals surface area contributed by atoms with E-state index in [9.17, 15) is 13.2 Å². The van der Waals surface area contributed by atoms with Gasteiger partial charge in [0.05, 0.1) is 17.6 Å². The monoisotopic (exact) mass is 389 g/mol. The summed E-state index contributed by atoms with van der Waals surface area (Å²) >= 11 is 0. The third-order valence-corrected chi connectivity index (χ3v) is 6.03. The number of methoxy groups -OCH3 is 1. The van der Waals surface area contributed by atoms with Gasteiger partial charge in [0.1, 0.15) is 23.6 Å². The molecule has 0 bridgehead atoms. The molecule has 2 atom stereocenters. The molecule has 2 aromatic rings. The molecule has 1 aliphatic rings. The maximum Gasteiger partial charge on any atom is 0.241 e. The minimum atomic E-state index is -3.86. The van der Waals surface area contributed by atoms with Gasteiger partial charge in [0.25, 0.3) is 0 Å². The molecular formula is C20H23NO5S. The second-order valence-electron chi connectivity index (χ2n) is 6.58. The largest absolute Gasteiger partial charge is 0.497 e. The lowest BCUT2D eigenvalue weighted by molar-refractivity contribution is 0.0749. The van der Waals surface area contributed by atoms with Crippen LogP contribution in [-0.2, 0) is 10.0 Å². The van der Waals surface area contributed by atoms with Crippen LogP contribution in [-0.4, -0.2) is 33.5 Å². The first-order valence-electron chi connectivity index (χ1n) is 8.83. The summed E-state index contributed by atoms with van der Waals surface area (Å²) in [5, 5.41) is 0. The van der Waals surface area contributed by atoms with Crippen LogP contribution in [0, 0.1) is 6.92 Å². The summed E-state index contributed by atoms with van der Waals surface area (Å²) in [5.74, 6) is 0.647. The van der Waals surface area contributed by atoms with Crippen LogP contribution in [0.2, 0.25) is 0 Å². The third kappa shape index (κ3) is 3.99. The molecule has 1 N–H and O–H groups in total. The molecule has 7 heteroatoms. The highest BCUT2D eigenvalue weighted by Gasteiger charge is 2.39. The highest BCUT2D eigenvalue weighted by atomic mass is 32.2. The Morgan fingerprint density at radius 2 is 1.85 bits per heavy atom. The summed E-state index contributed by atoms with van der Waals surface area (Å²) in [6, 6.07) is 10.5. The molecular weight excluding hydrogens is 366 g/mol. The van der Waals surface area contributed by atoms with E-state index in [-0.39, 0.29) is 10.7 Å². The van der Waals surface area contributed by atoms with Crippen LogP contribution in [0.3, 0.4) is 0 Å². The van der Waals surface area contributed by atoms with E-state index in [1.807, 2.05) is 13.8 Å². The number of Topliss-reactive ketones (excluding diaryl/α,β-unsaturated/α-hetero) is 1. The van der Waals surface area contributed by atoms with Gasteiger partial charge in [-0.1, -0.05) is 31.0 Å². The lowest BCUT2D eigenvalue weighted by Crippen LogP contribution is -2.53. The first-order valence-corrected chi connectivity index (χ1v) is 10.3. The Morgan fingerprint density at radius 1 is 1.15 bits per heavy atom. The van der Waals surface area contributed by atoms with Gasteiger partial charge in [-0.25, -0.2) is 8.42 Å². The van der Waals surface area contributed by atoms with Gasteiger partial charge in [-0.05, 0) is 43.7 Å². The number of hydrogen-bond donors (Lipinski definition) is 1. The van der Waals surface area contributed by atoms with Crippen molar-refractivity contribution >= 4 is 15.8 Å². The highest BCUT2D eigenvalue weighted by Crippen LogP contribution is 2.33. The number of benzene rings is 2. The van der Waals surface area contributed by atoms with Crippen LogP contribution < -0.4 is 14.2 Å². The predicted molar refractivity (Wildman–Crippen MR) is 102 cm³/mol. The average molecular weight is 389 g/mol. The van der Waals surface area contributed by atoms with Gasteiger partial charge >= 0.3 is 0 Å². The molecule has 0 aromatic heterocycles. The zero-order chi connectivity index (χ0) is 19.6. The maximum absolute atomic E-state index is 13.1. The normalized spacial score (nSPS) is 19.3. The number of sulfonamides is 1. The molecule has 0 saturated heterocycles. The predicted octanol–water partition coefficient (Wildman–Crippen LogP) is 3.09. The van der Waals surface area contributed by atoms with Crippen LogP contribution in [0.4, 0.5) is 0 Å². The SMILES string of the molecule is CCC[C@@H]1Oc2ccc(OC)cc2C(=O)[C@H]1NS(=O)(=O)c1ccc(C)cc1. The molecule has 144 valence electrons. The van der Waals surface area contributed by atoms with Gasteiger partial charge in [-0.3, -0.25) is 4.79 Å². The van der Waals surface area contributed by atoms with Gasteiger partial charge < -0.3 is 9.47 Å². The fraction of sp³-hybridized carbons (Fsp3) is 0.350. The number of rotatable bonds is 6. The van der Waals surface area contributed by atoms with Crippen molar-refractivity contribution in [2.75, 3.05) is 7.11 Å². The molecule has 6 nitrogen and oxygen atoms in total. The zero-order valence-electron chi connectivity index (χ0n) is 15.6. The lowest BCUT2D eigenvalue weighted by Gasteiger charge is -2.33. The van der Waals surface area contributed by atoms with Crippen LogP contribution in [0.1, 0.15) is 35.7 Å². The smallest absolute Gasteiger partial charge is 0.241 e. The molecule has 3 rings (SSSR count). The van der Waals surface area contributed by atoms with E-state index in [0.717, 1.165) is 12.0 Å². The van der Waals surface area contributed by atoms with Crippen molar-refractivity contribution in [1.82, 2.24) is 4.72 Å². The molecule has 0 radical (unpaired) electrons. The van der Waals surface area contributed by atoms with E-state index in [1.165, 1.54) is 19.2 Å². The number of ketones is 1. The van der Waals surface area contributed by atoms with Crippen molar-refractivity contribution in [3.05, 3.63) is 53.6 Å². The quantitative estimate of drug-likeness (QED) is 0.821. The van der Waals surface area contributed by atoms with Gasteiger partial charge in [0, 0.05) is 0 Å². The molecule has 0 saturated carbocycles. The van der Waals surface area contributed by atoms with Gasteiger partial charge in [-0.15, -0.1) is 0 Å². The number of hydrogen-bond acceptors (Lipinski definition) is 5. The van der Waals surface area contributed by atoms with Crippen molar-refractivity contribution in [1.29, 1.82) is 0 Å². The summed E-state index contributed by atoms with van der Waals surface area (Å²) in [6.07, 6.45) is 0.744. The average Bonchev–Trinajstić information content (AvgIpc) is 2.65. The molecule has 0 fully saturated rings. The molecule has 2 aromatic carbocycles. The van der Waals surface area contributed by atoms with E-state index in [2.05, 4.69) is 4.72 Å². The maximum atomic E-state index is 13.1. The Bertz CT molecular complexity index is 937. The summed E-state index contributed by atoms with van der Waals surface area (Å²) < 4.78 is 39.3. The molecule has 0 unspecified atom stereocenters. The molecule has 1 heterocycles. The standard InChI is InChI=1S/C20H23NO5S/c1-4-5-18-19(21-27(23,24)15-9-6-13(2)7-10-15)20(22)16-12-14(25-3)8-11-17(16)26-18/h6-12,18-19,21H,4-5H2,1-3H3/t18-,19-/m0/s1. The van der Waals surface area contributed by atoms with Crippen molar-refractivity contribution < 1.29 is 22.7 Å². The molecule has 0 amide bonds. The van der Waals surface area contributed by atoms with E-state index in [1.54, 1.807) is 30.3 Å². The lowest BCUT2D eigenvalue weighted by atomic mass is 9.94. The van der Waals surface area contributed by atoms with Gasteiger partial charge in [0.2, 0.25) is 10.0 Å². The number of carbonyl (C=O) groups excluding carboxylic acids is 1. The minimum Gasteiger partial charge on any atom is -0.497 e. The van der Waals surface area contributed by atoms with E-state index in [0.29, 0.717) is 23.5 Å². The van der Waals surface area contributed by atoms with Crippen LogP contribution in [0.25, 0.3) is 0 Å². The number of carbonyl (C=O) groups is 1. The van der Waals surface area contributed by atoms with Crippen molar-refractivity contribution in [3.63, 3.8) is 0 Å². The van der Waals surface area contributed by atoms with Gasteiger partial charge in [-0.2, -0.15) is 4.72 Å². The summed E-state index contributed by atoms with van der Waals surface area (Å²) in [7, 11) is -2.35. The molecule has 0 aliphatic carbocycles. The Morgan fingerprint density at radius 3 is 2.48 bits per heavy atom. The summed E-state index contributed by atoms with van der Waals surface area (Å²) in [5.41, 5.74) is 1.27. The Kier molecular flexibility index (Phi) is 5.53. The topological polar surface area (TPSA) is 81.7 Å². The summed E-state index contributed by atoms with van der Waals surface area (Å²) in [6.45, 7) is 3.84. The Labute approximate surface area is 159 Å². The number of aryl methyl sites for hydroxylation is 1. The number of ether oxygens (including phenoxy) is 2. The van der Waals surface area contributed by atoms with Gasteiger partial charge in [0.15, 0.2) is 5.78 Å². The number of fused-ring (bicyclic) bond motifs is 1. The van der Waals surface area contributed by atoms with Crippen LogP contribution in [0.5, 0.6) is 11.5 Å². The second kappa shape index (κ2) is 7.70. The van der Waals surface area contributed by atoms with E-state index in [4.69, 9.17) is 9.47 Å². The number of nitrogens with one attached hydrogen (secondary N) is 1. The first kappa shape index (κ1) is 19.4. The Balaban J connectivity index is 1.96. The van der Waals surface area contributed by atoms with E-state index >= 15 is 0 Å². The van der Waals surface area contributed by atoms with Crippen LogP contribution >= 0.6 is 0 Å². The Hall–Kier alpha value is -2.38. The molecule has 1 aliphatic heterocycles. The first-order chi connectivity index (χ1) is 12.9. The fourth-order valence-corrected chi connectivity index (χ4v) is 4.31. The molecule has 27 heavy (non-hydrogen) atoms. The van der Waals surface area contributed by atoms with Crippen LogP contribution in [0.15, 0.2) is 47.4 Å². The molecule has 0 spiro atoms. The van der Waals surface area contributed by atoms with Crippen molar-refractivity contribution in [2.45, 2.75) is 43.7 Å². The van der Waals surface area contributed by atoms with Crippen molar-refractivity contribution in [2.24, 2.45) is 0 Å². The second-order valence-corrected chi connectivity index (χ2v) is 8.30. The van der Waals surface area contributed by atoms with Crippen molar-refractivity contribution in [3.8, 4) is 11.5 Å². The minimum absolute atomic E-state index is 0.118. The fourth-order valence-electron chi connectivity index (χ4n) is 3.09. The highest BCUT2D eigenvalue weighted by molar-refractivity contribution is 7.89. The zero-order valence-corrected chi connectivity index (χ0v) is 16.4. The third-order valence-electron chi connectivity index (χ3n) is 4.57. The summed E-state index contributed by atoms with van der Waals surface area (Å²) in [4.78, 5) is 13.2. The van der Waals surface area contributed by atoms with E-state index < -0.39 is 22.2 Å².